The first-order valence-corrected chi connectivity index (χ1v) is 8.21. The minimum Gasteiger partial charge on any atom is -0.545 e. The number of carbonyl (C=O) groups excluding carboxylic acids is 3. The third-order valence-electron chi connectivity index (χ3n) is 2.99. The molecule has 1 aromatic rings. The fraction of sp³-hybridized carbons (Fsp3) is 0.500. The molecule has 0 heterocycles. The summed E-state index contributed by atoms with van der Waals surface area (Å²) in [7, 11) is 0. The maximum absolute atomic E-state index is 11.5. The molecular weight excluding hydrogens is 328 g/mol. The molecule has 0 saturated heterocycles. The van der Waals surface area contributed by atoms with E-state index in [9.17, 15) is 19.5 Å². The Hall–Kier alpha value is -2.41. The predicted molar refractivity (Wildman–Crippen MR) is 88.9 cm³/mol. The molecule has 1 aromatic carbocycles. The Bertz CT molecular complexity index is 540. The lowest BCUT2D eigenvalue weighted by Crippen LogP contribution is -2.25. The summed E-state index contributed by atoms with van der Waals surface area (Å²) in [6.07, 6.45) is 3.54. The Morgan fingerprint density at radius 3 is 1.96 bits per heavy atom. The van der Waals surface area contributed by atoms with Gasteiger partial charge in [-0.25, -0.2) is 9.59 Å². The van der Waals surface area contributed by atoms with Gasteiger partial charge in [-0.2, -0.15) is 0 Å². The molecule has 0 aliphatic rings. The lowest BCUT2D eigenvalue weighted by Gasteiger charge is -2.09. The fourth-order valence-electron chi connectivity index (χ4n) is 1.60. The molecule has 0 aliphatic heterocycles. The normalized spacial score (nSPS) is 9.56. The van der Waals surface area contributed by atoms with E-state index in [1.165, 1.54) is 18.2 Å². The van der Waals surface area contributed by atoms with Crippen LogP contribution in [-0.2, 0) is 14.3 Å². The number of aliphatic hydroxyl groups is 1. The van der Waals surface area contributed by atoms with Crippen LogP contribution in [0.3, 0.4) is 0 Å². The second-order valence-corrected chi connectivity index (χ2v) is 5.05. The number of carboxylic acids is 1. The molecule has 0 unspecified atom stereocenters. The van der Waals surface area contributed by atoms with Crippen molar-refractivity contribution < 1.29 is 34.1 Å². The molecule has 0 bridgehead atoms. The molecule has 25 heavy (non-hydrogen) atoms. The van der Waals surface area contributed by atoms with Crippen LogP contribution in [-0.4, -0.2) is 42.8 Å². The standard InChI is InChI=1S/C12H14O4.C6H12O3/c1-2-3-8-16-12(15)10-7-5-4-6-9(10)11(13)14;1-2-3-4-9-6(8)5-7/h4-7H,2-3,8H2,1H3,(H,13,14);7H,2-5H2,1H3/p-1. The number of unbranched alkanes of at least 4 members (excludes halogenated alkanes) is 2. The number of rotatable bonds is 9. The van der Waals surface area contributed by atoms with Crippen LogP contribution in [0.1, 0.15) is 60.2 Å². The van der Waals surface area contributed by atoms with Crippen LogP contribution in [0.4, 0.5) is 0 Å². The smallest absolute Gasteiger partial charge is 0.338 e. The molecule has 0 radical (unpaired) electrons. The first-order valence-electron chi connectivity index (χ1n) is 8.21. The second-order valence-electron chi connectivity index (χ2n) is 5.05. The number of aliphatic hydroxyl groups excluding tert-OH is 1. The van der Waals surface area contributed by atoms with Crippen molar-refractivity contribution in [2.75, 3.05) is 19.8 Å². The van der Waals surface area contributed by atoms with E-state index >= 15 is 0 Å². The summed E-state index contributed by atoms with van der Waals surface area (Å²) >= 11 is 0. The van der Waals surface area contributed by atoms with Gasteiger partial charge in [0.2, 0.25) is 0 Å². The quantitative estimate of drug-likeness (QED) is 0.526. The molecule has 0 atom stereocenters. The summed E-state index contributed by atoms with van der Waals surface area (Å²) in [6.45, 7) is 4.20. The van der Waals surface area contributed by atoms with Gasteiger partial charge >= 0.3 is 11.9 Å². The van der Waals surface area contributed by atoms with Crippen LogP contribution in [0.25, 0.3) is 0 Å². The first kappa shape index (κ1) is 22.6. The molecule has 0 fully saturated rings. The molecule has 7 heteroatoms. The molecule has 0 spiro atoms. The van der Waals surface area contributed by atoms with Gasteiger partial charge in [0.25, 0.3) is 0 Å². The largest absolute Gasteiger partial charge is 0.545 e. The van der Waals surface area contributed by atoms with Crippen LogP contribution in [0.5, 0.6) is 0 Å². The maximum atomic E-state index is 11.5. The Kier molecular flexibility index (Phi) is 12.6. The molecule has 0 saturated carbocycles. The zero-order chi connectivity index (χ0) is 19.1. The summed E-state index contributed by atoms with van der Waals surface area (Å²) in [5.74, 6) is -2.53. The summed E-state index contributed by atoms with van der Waals surface area (Å²) in [6, 6.07) is 5.86. The zero-order valence-corrected chi connectivity index (χ0v) is 14.7. The highest BCUT2D eigenvalue weighted by Crippen LogP contribution is 2.09. The minimum atomic E-state index is -1.37. The van der Waals surface area contributed by atoms with Crippen LogP contribution >= 0.6 is 0 Å². The molecule has 0 aromatic heterocycles. The number of aromatic carboxylic acids is 1. The number of esters is 2. The highest BCUT2D eigenvalue weighted by molar-refractivity contribution is 6.01. The van der Waals surface area contributed by atoms with E-state index in [-0.39, 0.29) is 11.1 Å². The monoisotopic (exact) mass is 353 g/mol. The van der Waals surface area contributed by atoms with Gasteiger partial charge in [0, 0.05) is 5.56 Å². The van der Waals surface area contributed by atoms with Crippen molar-refractivity contribution in [2.45, 2.75) is 39.5 Å². The third kappa shape index (κ3) is 10.1. The number of carboxylic acid groups (broad SMARTS) is 1. The van der Waals surface area contributed by atoms with E-state index in [0.717, 1.165) is 25.7 Å². The van der Waals surface area contributed by atoms with Gasteiger partial charge in [-0.05, 0) is 18.9 Å². The summed E-state index contributed by atoms with van der Waals surface area (Å²) in [5.41, 5.74) is -0.0948. The molecule has 0 amide bonds. The van der Waals surface area contributed by atoms with Gasteiger partial charge in [0.05, 0.1) is 24.7 Å². The van der Waals surface area contributed by atoms with Crippen molar-refractivity contribution in [3.63, 3.8) is 0 Å². The minimum absolute atomic E-state index is 0.0404. The number of ether oxygens (including phenoxy) is 2. The van der Waals surface area contributed by atoms with Crippen molar-refractivity contribution in [2.24, 2.45) is 0 Å². The van der Waals surface area contributed by atoms with Gasteiger partial charge in [0.1, 0.15) is 6.61 Å². The van der Waals surface area contributed by atoms with Crippen molar-refractivity contribution in [1.29, 1.82) is 0 Å². The van der Waals surface area contributed by atoms with Gasteiger partial charge in [-0.15, -0.1) is 0 Å². The first-order chi connectivity index (χ1) is 12.0. The van der Waals surface area contributed by atoms with Gasteiger partial charge in [0.15, 0.2) is 0 Å². The summed E-state index contributed by atoms with van der Waals surface area (Å²) in [4.78, 5) is 32.5. The number of hydrogen-bond donors (Lipinski definition) is 1. The van der Waals surface area contributed by atoms with E-state index in [2.05, 4.69) is 4.74 Å². The lowest BCUT2D eigenvalue weighted by molar-refractivity contribution is -0.255. The Morgan fingerprint density at radius 1 is 0.960 bits per heavy atom. The van der Waals surface area contributed by atoms with E-state index in [1.807, 2.05) is 13.8 Å². The molecular formula is C18H25O7-. The topological polar surface area (TPSA) is 113 Å². The predicted octanol–water partition coefficient (Wildman–Crippen LogP) is 1.33. The Balaban J connectivity index is 0.000000547. The van der Waals surface area contributed by atoms with Crippen molar-refractivity contribution >= 4 is 17.9 Å². The average molecular weight is 353 g/mol. The average Bonchev–Trinajstić information content (AvgIpc) is 2.62. The maximum Gasteiger partial charge on any atom is 0.338 e. The SMILES string of the molecule is CCCCOC(=O)CO.CCCCOC(=O)c1ccccc1C(=O)[O-]. The molecule has 1 N–H and O–H groups in total. The lowest BCUT2D eigenvalue weighted by atomic mass is 10.1. The van der Waals surface area contributed by atoms with Gasteiger partial charge in [-0.3, -0.25) is 0 Å². The summed E-state index contributed by atoms with van der Waals surface area (Å²) in [5, 5.41) is 18.9. The number of benzene rings is 1. The van der Waals surface area contributed by atoms with Crippen LogP contribution in [0, 0.1) is 0 Å². The highest BCUT2D eigenvalue weighted by Gasteiger charge is 2.12. The second kappa shape index (κ2) is 14.0. The number of carbonyl (C=O) groups is 3. The van der Waals surface area contributed by atoms with E-state index < -0.39 is 24.5 Å². The molecule has 0 aliphatic carbocycles. The fourth-order valence-corrected chi connectivity index (χ4v) is 1.60. The van der Waals surface area contributed by atoms with E-state index in [1.54, 1.807) is 6.07 Å². The van der Waals surface area contributed by atoms with Crippen LogP contribution in [0.15, 0.2) is 24.3 Å². The van der Waals surface area contributed by atoms with Gasteiger partial charge in [-0.1, -0.05) is 44.9 Å². The molecule has 7 nitrogen and oxygen atoms in total. The Labute approximate surface area is 147 Å². The van der Waals surface area contributed by atoms with Crippen LogP contribution in [0.2, 0.25) is 0 Å². The highest BCUT2D eigenvalue weighted by atomic mass is 16.5. The van der Waals surface area contributed by atoms with Crippen molar-refractivity contribution in [3.05, 3.63) is 35.4 Å². The third-order valence-corrected chi connectivity index (χ3v) is 2.99. The van der Waals surface area contributed by atoms with Crippen molar-refractivity contribution in [3.8, 4) is 0 Å². The van der Waals surface area contributed by atoms with Crippen molar-refractivity contribution in [1.82, 2.24) is 0 Å². The van der Waals surface area contributed by atoms with Crippen LogP contribution < -0.4 is 5.11 Å². The molecule has 1 rings (SSSR count). The van der Waals surface area contributed by atoms with E-state index in [4.69, 9.17) is 9.84 Å². The Morgan fingerprint density at radius 2 is 1.48 bits per heavy atom. The molecule has 140 valence electrons. The zero-order valence-electron chi connectivity index (χ0n) is 14.7. The number of hydrogen-bond acceptors (Lipinski definition) is 7. The van der Waals surface area contributed by atoms with Gasteiger partial charge < -0.3 is 24.5 Å². The van der Waals surface area contributed by atoms with E-state index in [0.29, 0.717) is 13.2 Å². The summed E-state index contributed by atoms with van der Waals surface area (Å²) < 4.78 is 9.47.